The van der Waals surface area contributed by atoms with Crippen molar-refractivity contribution in [3.05, 3.63) is 0 Å². The lowest BCUT2D eigenvalue weighted by Gasteiger charge is -2.34. The Kier molecular flexibility index (Phi) is 3.21. The summed E-state index contributed by atoms with van der Waals surface area (Å²) in [5.74, 6) is -0.789. The minimum absolute atomic E-state index is 0.218. The first-order chi connectivity index (χ1) is 6.22. The van der Waals surface area contributed by atoms with Gasteiger partial charge in [-0.1, -0.05) is 0 Å². The Hall–Kier alpha value is -1.14. The number of piperidine rings is 1. The van der Waals surface area contributed by atoms with Gasteiger partial charge >= 0.3 is 0 Å². The van der Waals surface area contributed by atoms with E-state index < -0.39 is 12.1 Å². The van der Waals surface area contributed by atoms with Crippen LogP contribution >= 0.6 is 0 Å². The first-order valence-corrected chi connectivity index (χ1v) is 4.06. The van der Waals surface area contributed by atoms with Crippen LogP contribution in [-0.4, -0.2) is 19.5 Å². The van der Waals surface area contributed by atoms with Gasteiger partial charge in [0.15, 0.2) is 0 Å². The van der Waals surface area contributed by atoms with Crippen molar-refractivity contribution in [3.63, 3.8) is 0 Å². The molecule has 0 spiro atoms. The molecule has 3 N–H and O–H groups in total. The summed E-state index contributed by atoms with van der Waals surface area (Å²) < 4.78 is 5.03. The summed E-state index contributed by atoms with van der Waals surface area (Å²) in [5.41, 5.74) is 5.66. The molecule has 70 valence electrons. The van der Waals surface area contributed by atoms with Crippen molar-refractivity contribution in [2.24, 2.45) is 17.6 Å². The normalized spacial score (nSPS) is 39.1. The van der Waals surface area contributed by atoms with Gasteiger partial charge in [0.2, 0.25) is 0 Å². The van der Waals surface area contributed by atoms with Gasteiger partial charge in [-0.25, -0.2) is 0 Å². The molecular weight excluding hydrogens is 168 g/mol. The summed E-state index contributed by atoms with van der Waals surface area (Å²) in [6, 6.07) is 4.11. The van der Waals surface area contributed by atoms with Crippen LogP contribution in [0, 0.1) is 34.5 Å². The van der Waals surface area contributed by atoms with E-state index in [0.29, 0.717) is 6.42 Å². The third-order valence-corrected chi connectivity index (χ3v) is 2.27. The maximum Gasteiger partial charge on any atom is 0.110 e. The zero-order valence-electron chi connectivity index (χ0n) is 7.40. The second-order valence-electron chi connectivity index (χ2n) is 3.04. The molecule has 1 rings (SSSR count). The van der Waals surface area contributed by atoms with E-state index in [2.05, 4.69) is 11.4 Å². The monoisotopic (exact) mass is 180 g/mol. The Balaban J connectivity index is 2.71. The summed E-state index contributed by atoms with van der Waals surface area (Å²) in [5, 5.41) is 20.5. The van der Waals surface area contributed by atoms with Crippen molar-refractivity contribution in [3.8, 4) is 12.1 Å². The van der Waals surface area contributed by atoms with E-state index >= 15 is 0 Å². The molecule has 5 heteroatoms. The molecule has 1 heterocycles. The van der Waals surface area contributed by atoms with Gasteiger partial charge in [-0.05, 0) is 0 Å². The molecular formula is C8H12N4O. The Morgan fingerprint density at radius 2 is 2.15 bits per heavy atom. The third-order valence-electron chi connectivity index (χ3n) is 2.27. The lowest BCUT2D eigenvalue weighted by molar-refractivity contribution is 0.0137. The Morgan fingerprint density at radius 1 is 1.46 bits per heavy atom. The van der Waals surface area contributed by atoms with E-state index in [1.165, 1.54) is 0 Å². The molecule has 0 radical (unpaired) electrons. The quantitative estimate of drug-likeness (QED) is 0.568. The fourth-order valence-corrected chi connectivity index (χ4v) is 1.48. The highest BCUT2D eigenvalue weighted by atomic mass is 16.5. The fraction of sp³-hybridized carbons (Fsp3) is 0.750. The van der Waals surface area contributed by atoms with Gasteiger partial charge in [-0.15, -0.1) is 0 Å². The molecule has 4 unspecified atom stereocenters. The second kappa shape index (κ2) is 4.20. The van der Waals surface area contributed by atoms with Crippen molar-refractivity contribution in [2.75, 3.05) is 7.11 Å². The van der Waals surface area contributed by atoms with Crippen molar-refractivity contribution in [1.82, 2.24) is 5.32 Å². The van der Waals surface area contributed by atoms with Crippen LogP contribution in [0.1, 0.15) is 6.42 Å². The van der Waals surface area contributed by atoms with Gasteiger partial charge in [-0.3, -0.25) is 5.32 Å². The molecule has 1 saturated heterocycles. The van der Waals surface area contributed by atoms with Gasteiger partial charge < -0.3 is 10.5 Å². The van der Waals surface area contributed by atoms with Gasteiger partial charge in [0.25, 0.3) is 0 Å². The van der Waals surface area contributed by atoms with Crippen LogP contribution in [0.5, 0.6) is 0 Å². The van der Waals surface area contributed by atoms with E-state index in [4.69, 9.17) is 21.0 Å². The molecule has 1 aliphatic rings. The molecule has 13 heavy (non-hydrogen) atoms. The molecule has 0 aromatic heterocycles. The number of rotatable bonds is 1. The Bertz CT molecular complexity index is 254. The Labute approximate surface area is 77.1 Å². The van der Waals surface area contributed by atoms with E-state index in [9.17, 15) is 0 Å². The lowest BCUT2D eigenvalue weighted by Crippen LogP contribution is -2.56. The molecule has 0 aromatic carbocycles. The number of nitrogens with one attached hydrogen (secondary N) is 1. The number of ether oxygens (including phenoxy) is 1. The van der Waals surface area contributed by atoms with Crippen molar-refractivity contribution < 1.29 is 4.74 Å². The van der Waals surface area contributed by atoms with E-state index in [1.807, 2.05) is 6.07 Å². The van der Waals surface area contributed by atoms with Crippen LogP contribution in [0.3, 0.4) is 0 Å². The minimum atomic E-state index is -0.478. The predicted molar refractivity (Wildman–Crippen MR) is 44.7 cm³/mol. The van der Waals surface area contributed by atoms with E-state index in [1.54, 1.807) is 7.11 Å². The average Bonchev–Trinajstić information content (AvgIpc) is 2.16. The second-order valence-corrected chi connectivity index (χ2v) is 3.04. The summed E-state index contributed by atoms with van der Waals surface area (Å²) >= 11 is 0. The maximum absolute atomic E-state index is 8.78. The predicted octanol–water partition coefficient (Wildman–Crippen LogP) is -0.483. The lowest BCUT2D eigenvalue weighted by atomic mass is 9.85. The van der Waals surface area contributed by atoms with Gasteiger partial charge in [-0.2, -0.15) is 10.5 Å². The Morgan fingerprint density at radius 3 is 2.62 bits per heavy atom. The zero-order valence-corrected chi connectivity index (χ0v) is 7.40. The number of methoxy groups -OCH3 is 1. The largest absolute Gasteiger partial charge is 0.367 e. The third kappa shape index (κ3) is 1.96. The van der Waals surface area contributed by atoms with E-state index in [-0.39, 0.29) is 12.1 Å². The van der Waals surface area contributed by atoms with E-state index in [0.717, 1.165) is 0 Å². The molecule has 1 aliphatic heterocycles. The molecule has 0 amide bonds. The minimum Gasteiger partial charge on any atom is -0.367 e. The van der Waals surface area contributed by atoms with Gasteiger partial charge in [0, 0.05) is 13.5 Å². The summed E-state index contributed by atoms with van der Waals surface area (Å²) in [6.07, 6.45) is -0.184. The summed E-state index contributed by atoms with van der Waals surface area (Å²) in [4.78, 5) is 0. The smallest absolute Gasteiger partial charge is 0.110 e. The molecule has 0 aliphatic carbocycles. The van der Waals surface area contributed by atoms with Crippen LogP contribution in [0.2, 0.25) is 0 Å². The molecule has 0 saturated carbocycles. The summed E-state index contributed by atoms with van der Waals surface area (Å²) in [6.45, 7) is 0. The topological polar surface area (TPSA) is 94.9 Å². The summed E-state index contributed by atoms with van der Waals surface area (Å²) in [7, 11) is 1.55. The highest BCUT2D eigenvalue weighted by Gasteiger charge is 2.35. The van der Waals surface area contributed by atoms with Crippen LogP contribution < -0.4 is 11.1 Å². The van der Waals surface area contributed by atoms with Crippen LogP contribution in [0.15, 0.2) is 0 Å². The standard InChI is InChI=1S/C8H12N4O/c1-13-7-2-5(3-9)6(4-10)8(11)12-7/h5-8,12H,2,11H2,1H3. The van der Waals surface area contributed by atoms with Gasteiger partial charge in [0.05, 0.1) is 30.1 Å². The molecule has 1 fully saturated rings. The zero-order chi connectivity index (χ0) is 9.84. The number of nitriles is 2. The van der Waals surface area contributed by atoms with Crippen molar-refractivity contribution in [1.29, 1.82) is 10.5 Å². The first kappa shape index (κ1) is 9.94. The average molecular weight is 180 g/mol. The highest BCUT2D eigenvalue weighted by Crippen LogP contribution is 2.23. The SMILES string of the molecule is COC1CC(C#N)C(C#N)C(N)N1. The van der Waals surface area contributed by atoms with Crippen molar-refractivity contribution in [2.45, 2.75) is 18.8 Å². The number of hydrogen-bond donors (Lipinski definition) is 2. The highest BCUT2D eigenvalue weighted by molar-refractivity contribution is 5.05. The fourth-order valence-electron chi connectivity index (χ4n) is 1.48. The van der Waals surface area contributed by atoms with Crippen LogP contribution in [-0.2, 0) is 4.74 Å². The number of hydrogen-bond acceptors (Lipinski definition) is 5. The van der Waals surface area contributed by atoms with Crippen LogP contribution in [0.25, 0.3) is 0 Å². The number of nitrogens with zero attached hydrogens (tertiary/aromatic N) is 2. The molecule has 4 atom stereocenters. The molecule has 0 bridgehead atoms. The molecule has 0 aromatic rings. The van der Waals surface area contributed by atoms with Gasteiger partial charge in [0.1, 0.15) is 6.23 Å². The molecule has 5 nitrogen and oxygen atoms in total. The maximum atomic E-state index is 8.78. The number of nitrogens with two attached hydrogens (primary N) is 1. The van der Waals surface area contributed by atoms with Crippen molar-refractivity contribution >= 4 is 0 Å². The first-order valence-electron chi connectivity index (χ1n) is 4.06. The van der Waals surface area contributed by atoms with Crippen LogP contribution in [0.4, 0.5) is 0 Å².